The molecule has 8 fully saturated rings. The van der Waals surface area contributed by atoms with Crippen LogP contribution in [0.4, 0.5) is 0 Å². The fourth-order valence-corrected chi connectivity index (χ4v) is 17.0. The molecular formula is C55H88O26S. The van der Waals surface area contributed by atoms with Crippen LogP contribution in [0.5, 0.6) is 0 Å². The van der Waals surface area contributed by atoms with Crippen molar-refractivity contribution in [3.63, 3.8) is 0 Å². The molecule has 0 amide bonds. The molecule has 5 heterocycles. The number of allylic oxidation sites excluding steroid dienone is 2. The molecule has 470 valence electrons. The average Bonchev–Trinajstić information content (AvgIpc) is 1.72. The Hall–Kier alpha value is -2.17. The molecule has 0 radical (unpaired) electrons. The number of ether oxygens (including phenoxy) is 11. The van der Waals surface area contributed by atoms with Gasteiger partial charge in [-0.25, -0.2) is 4.18 Å². The molecule has 0 bridgehead atoms. The second kappa shape index (κ2) is 23.7. The molecule has 10 N–H and O–H groups in total. The van der Waals surface area contributed by atoms with Crippen molar-refractivity contribution in [2.24, 2.45) is 45.3 Å². The lowest BCUT2D eigenvalue weighted by Gasteiger charge is -2.64. The minimum Gasteiger partial charge on any atom is -0.462 e. The van der Waals surface area contributed by atoms with Crippen molar-refractivity contribution in [1.82, 2.24) is 0 Å². The monoisotopic (exact) mass is 1200 g/mol. The van der Waals surface area contributed by atoms with Crippen LogP contribution in [0.25, 0.3) is 0 Å². The van der Waals surface area contributed by atoms with Crippen molar-refractivity contribution in [3.8, 4) is 0 Å². The molecular weight excluding hydrogens is 1110 g/mol. The van der Waals surface area contributed by atoms with Crippen LogP contribution in [-0.4, -0.2) is 226 Å². The molecule has 1 spiro atoms. The summed E-state index contributed by atoms with van der Waals surface area (Å²) in [6.07, 6.45) is -26.2. The molecule has 3 saturated carbocycles. The highest BCUT2D eigenvalue weighted by molar-refractivity contribution is 7.80. The third-order valence-corrected chi connectivity index (χ3v) is 21.0. The quantitative estimate of drug-likeness (QED) is 0.0521. The first kappa shape index (κ1) is 64.3. The van der Waals surface area contributed by atoms with Crippen molar-refractivity contribution in [2.45, 2.75) is 255 Å². The van der Waals surface area contributed by atoms with Crippen LogP contribution < -0.4 is 0 Å². The first-order valence-corrected chi connectivity index (χ1v) is 30.2. The largest absolute Gasteiger partial charge is 0.462 e. The molecule has 9 rings (SSSR count). The van der Waals surface area contributed by atoms with Crippen LogP contribution in [0.1, 0.15) is 120 Å². The molecule has 5 aliphatic heterocycles. The van der Waals surface area contributed by atoms with E-state index in [1.54, 1.807) is 0 Å². The fourth-order valence-electron chi connectivity index (χ4n) is 16.5. The molecule has 9 aliphatic rings. The Kier molecular flexibility index (Phi) is 18.6. The zero-order valence-corrected chi connectivity index (χ0v) is 49.0. The van der Waals surface area contributed by atoms with Gasteiger partial charge >= 0.3 is 22.3 Å². The highest BCUT2D eigenvalue weighted by atomic mass is 32.3. The van der Waals surface area contributed by atoms with E-state index in [1.807, 2.05) is 20.8 Å². The number of hydrogen-bond donors (Lipinski definition) is 10. The van der Waals surface area contributed by atoms with Gasteiger partial charge in [0.15, 0.2) is 37.6 Å². The summed E-state index contributed by atoms with van der Waals surface area (Å²) in [5, 5.41) is 99.6. The van der Waals surface area contributed by atoms with E-state index in [1.165, 1.54) is 21.0 Å². The topological polar surface area (TPSA) is 381 Å². The lowest BCUT2D eigenvalue weighted by Crippen LogP contribution is -2.66. The molecule has 5 saturated heterocycles. The molecule has 82 heavy (non-hydrogen) atoms. The number of esters is 2. The van der Waals surface area contributed by atoms with Gasteiger partial charge in [0.1, 0.15) is 85.0 Å². The highest BCUT2D eigenvalue weighted by Gasteiger charge is 2.79. The van der Waals surface area contributed by atoms with E-state index >= 15 is 0 Å². The summed E-state index contributed by atoms with van der Waals surface area (Å²) in [5.41, 5.74) is -2.34. The number of hydrogen-bond acceptors (Lipinski definition) is 25. The summed E-state index contributed by atoms with van der Waals surface area (Å²) in [5.74, 6) is -0.596. The van der Waals surface area contributed by atoms with E-state index in [0.29, 0.717) is 50.9 Å². The predicted molar refractivity (Wildman–Crippen MR) is 277 cm³/mol. The standard InChI is InChI=1S/C55H88O26S/c1-23(2)12-11-17-54(9)44-29(73-25(4)57)20-53(8)27-13-14-31-51(5,6)32(16-18-52(31,7)26(27)15-19-55(44,53)50(66)80-54)75-49-43(36(62)42(45(65)79-49)81-82(67,68)69)78-47-35(61)34(60)39(24(3)72-47)76-46-37(63)40(28(58)22-71-46)77-48-38(64)41(70-10)33(59)30(21-56)74-48/h13,23-24,26,28-49,56,58-65H,11-12,14-22H2,1-10H3,(H,67,68,69). The SMILES string of the molecule is COC1C(O)C(CO)OC(OC2C(O)COC(OC3C(C)OC(OC4C(OC5CCC6(C)C7CCC89C(=O)OC(C)(CCCC(C)C)C8C(OC(C)=O)CC9(C)C7=CCC6C5(C)C)OC(O)C(OS(=O)(=O)O)C4O)C(O)C3O)C2O)C1O. The number of cyclic esters (lactones) is 1. The maximum absolute atomic E-state index is 14.7. The Labute approximate surface area is 477 Å². The van der Waals surface area contributed by atoms with Crippen LogP contribution in [-0.2, 0) is 76.3 Å². The maximum atomic E-state index is 14.7. The lowest BCUT2D eigenvalue weighted by atomic mass is 9.41. The van der Waals surface area contributed by atoms with Gasteiger partial charge in [0, 0.05) is 19.4 Å². The number of aliphatic hydroxyl groups excluding tert-OH is 9. The van der Waals surface area contributed by atoms with Gasteiger partial charge in [-0.1, -0.05) is 59.6 Å². The fraction of sp³-hybridized carbons (Fsp3) is 0.927. The van der Waals surface area contributed by atoms with Gasteiger partial charge in [-0.15, -0.1) is 0 Å². The first-order valence-electron chi connectivity index (χ1n) is 28.8. The highest BCUT2D eigenvalue weighted by Crippen LogP contribution is 2.77. The Morgan fingerprint density at radius 3 is 2.09 bits per heavy atom. The number of fused-ring (bicyclic) bond motifs is 4. The van der Waals surface area contributed by atoms with Crippen molar-refractivity contribution in [1.29, 1.82) is 0 Å². The molecule has 26 nitrogen and oxygen atoms in total. The van der Waals surface area contributed by atoms with Gasteiger partial charge < -0.3 is 98.1 Å². The van der Waals surface area contributed by atoms with Crippen LogP contribution in [0.3, 0.4) is 0 Å². The zero-order valence-electron chi connectivity index (χ0n) is 48.2. The number of carbonyl (C=O) groups is 2. The van der Waals surface area contributed by atoms with Crippen molar-refractivity contribution in [2.75, 3.05) is 20.3 Å². The molecule has 0 aromatic heterocycles. The summed E-state index contributed by atoms with van der Waals surface area (Å²) in [6.45, 7) is 16.4. The van der Waals surface area contributed by atoms with Gasteiger partial charge in [0.05, 0.1) is 36.8 Å². The Bertz CT molecular complexity index is 2430. The van der Waals surface area contributed by atoms with Crippen LogP contribution in [0, 0.1) is 45.3 Å². The Morgan fingerprint density at radius 1 is 0.780 bits per heavy atom. The van der Waals surface area contributed by atoms with E-state index in [-0.39, 0.29) is 29.1 Å². The van der Waals surface area contributed by atoms with Crippen LogP contribution in [0.15, 0.2) is 11.6 Å². The van der Waals surface area contributed by atoms with Gasteiger partial charge in [0.25, 0.3) is 0 Å². The van der Waals surface area contributed by atoms with E-state index < -0.39 is 181 Å². The number of carbonyl (C=O) groups excluding carboxylic acids is 2. The normalized spacial score (nSPS) is 50.2. The van der Waals surface area contributed by atoms with E-state index in [2.05, 4.69) is 38.0 Å². The summed E-state index contributed by atoms with van der Waals surface area (Å²) < 4.78 is 104. The number of methoxy groups -OCH3 is 1. The molecule has 27 heteroatoms. The van der Waals surface area contributed by atoms with Crippen LogP contribution >= 0.6 is 0 Å². The predicted octanol–water partition coefficient (Wildman–Crippen LogP) is 0.0182. The second-order valence-corrected chi connectivity index (χ2v) is 27.2. The summed E-state index contributed by atoms with van der Waals surface area (Å²) in [4.78, 5) is 27.5. The number of rotatable bonds is 17. The van der Waals surface area contributed by atoms with E-state index in [9.17, 15) is 68.5 Å². The average molecular weight is 1200 g/mol. The number of aliphatic hydroxyl groups is 9. The van der Waals surface area contributed by atoms with E-state index in [4.69, 9.17) is 52.1 Å². The molecule has 0 aromatic rings. The van der Waals surface area contributed by atoms with E-state index in [0.717, 1.165) is 18.4 Å². The lowest BCUT2D eigenvalue weighted by molar-refractivity contribution is -0.398. The zero-order chi connectivity index (χ0) is 60.1. The Balaban J connectivity index is 0.917. The molecule has 4 aliphatic carbocycles. The summed E-state index contributed by atoms with van der Waals surface area (Å²) >= 11 is 0. The Morgan fingerprint density at radius 2 is 1.44 bits per heavy atom. The third kappa shape index (κ3) is 11.2. The van der Waals surface area contributed by atoms with Gasteiger partial charge in [0.2, 0.25) is 0 Å². The summed E-state index contributed by atoms with van der Waals surface area (Å²) in [7, 11) is -4.15. The summed E-state index contributed by atoms with van der Waals surface area (Å²) in [6, 6.07) is 0. The van der Waals surface area contributed by atoms with Crippen molar-refractivity contribution in [3.05, 3.63) is 11.6 Å². The van der Waals surface area contributed by atoms with Crippen LogP contribution in [0.2, 0.25) is 0 Å². The molecule has 28 atom stereocenters. The minimum absolute atomic E-state index is 0.00890. The van der Waals surface area contributed by atoms with Crippen molar-refractivity contribution >= 4 is 22.3 Å². The minimum atomic E-state index is -5.35. The van der Waals surface area contributed by atoms with Gasteiger partial charge in [-0.05, 0) is 93.8 Å². The third-order valence-electron chi connectivity index (χ3n) is 20.5. The van der Waals surface area contributed by atoms with Gasteiger partial charge in [-0.3, -0.25) is 14.1 Å². The molecule has 28 unspecified atom stereocenters. The van der Waals surface area contributed by atoms with Gasteiger partial charge in [-0.2, -0.15) is 8.42 Å². The first-order chi connectivity index (χ1) is 38.3. The maximum Gasteiger partial charge on any atom is 0.397 e. The van der Waals surface area contributed by atoms with Crippen molar-refractivity contribution < 1.29 is 125 Å². The molecule has 0 aromatic carbocycles. The smallest absolute Gasteiger partial charge is 0.397 e. The second-order valence-electron chi connectivity index (χ2n) is 26.2.